The van der Waals surface area contributed by atoms with Gasteiger partial charge >= 0.3 is 0 Å². The van der Waals surface area contributed by atoms with Gasteiger partial charge in [0.2, 0.25) is 0 Å². The van der Waals surface area contributed by atoms with Crippen LogP contribution >= 0.6 is 11.6 Å². The molecule has 1 atom stereocenters. The molecule has 1 saturated heterocycles. The Morgan fingerprint density at radius 3 is 3.00 bits per heavy atom. The lowest BCUT2D eigenvalue weighted by Gasteiger charge is -2.16. The van der Waals surface area contributed by atoms with Gasteiger partial charge in [-0.3, -0.25) is 0 Å². The highest BCUT2D eigenvalue weighted by Gasteiger charge is 2.11. The predicted molar refractivity (Wildman–Crippen MR) is 66.7 cm³/mol. The Morgan fingerprint density at radius 2 is 2.12 bits per heavy atom. The summed E-state index contributed by atoms with van der Waals surface area (Å²) in [5.74, 6) is 0. The van der Waals surface area contributed by atoms with Crippen molar-refractivity contribution < 1.29 is 4.74 Å². The van der Waals surface area contributed by atoms with E-state index in [4.69, 9.17) is 16.3 Å². The Hall–Kier alpha value is -0.570. The molecule has 0 amide bonds. The van der Waals surface area contributed by atoms with Crippen molar-refractivity contribution in [2.24, 2.45) is 0 Å². The SMILES string of the molecule is Clc1ccccc1CNC1CCCOCC1. The number of rotatable bonds is 3. The third-order valence-corrected chi connectivity index (χ3v) is 3.36. The predicted octanol–water partition coefficient (Wildman–Crippen LogP) is 3.00. The average molecular weight is 240 g/mol. The van der Waals surface area contributed by atoms with Crippen molar-refractivity contribution >= 4 is 11.6 Å². The zero-order valence-electron chi connectivity index (χ0n) is 9.42. The van der Waals surface area contributed by atoms with Crippen LogP contribution in [0, 0.1) is 0 Å². The smallest absolute Gasteiger partial charge is 0.0480 e. The second-order valence-corrected chi connectivity index (χ2v) is 4.62. The molecule has 0 aliphatic carbocycles. The van der Waals surface area contributed by atoms with Crippen molar-refractivity contribution in [3.8, 4) is 0 Å². The summed E-state index contributed by atoms with van der Waals surface area (Å²) in [5, 5.41) is 4.40. The molecule has 0 spiro atoms. The minimum atomic E-state index is 0.568. The Kier molecular flexibility index (Phi) is 4.64. The summed E-state index contributed by atoms with van der Waals surface area (Å²) in [6.45, 7) is 2.63. The Balaban J connectivity index is 1.84. The van der Waals surface area contributed by atoms with Gasteiger partial charge in [0.25, 0.3) is 0 Å². The lowest BCUT2D eigenvalue weighted by Crippen LogP contribution is -2.28. The van der Waals surface area contributed by atoms with Crippen LogP contribution in [0.15, 0.2) is 24.3 Å². The number of ether oxygens (including phenoxy) is 1. The molecular formula is C13H18ClNO. The third kappa shape index (κ3) is 3.48. The molecular weight excluding hydrogens is 222 g/mol. The summed E-state index contributed by atoms with van der Waals surface area (Å²) in [5.41, 5.74) is 1.18. The van der Waals surface area contributed by atoms with Crippen LogP contribution in [0.3, 0.4) is 0 Å². The van der Waals surface area contributed by atoms with Gasteiger partial charge in [0, 0.05) is 30.8 Å². The van der Waals surface area contributed by atoms with Crippen LogP contribution in [0.2, 0.25) is 5.02 Å². The zero-order valence-corrected chi connectivity index (χ0v) is 10.2. The molecule has 16 heavy (non-hydrogen) atoms. The van der Waals surface area contributed by atoms with Crippen LogP contribution < -0.4 is 5.32 Å². The summed E-state index contributed by atoms with van der Waals surface area (Å²) >= 11 is 6.11. The van der Waals surface area contributed by atoms with Crippen molar-refractivity contribution in [1.29, 1.82) is 0 Å². The first kappa shape index (κ1) is 11.9. The number of benzene rings is 1. The first-order valence-corrected chi connectivity index (χ1v) is 6.28. The molecule has 1 aliphatic heterocycles. The second-order valence-electron chi connectivity index (χ2n) is 4.21. The molecule has 1 aliphatic rings. The summed E-state index contributed by atoms with van der Waals surface area (Å²) in [6, 6.07) is 8.57. The minimum Gasteiger partial charge on any atom is -0.381 e. The average Bonchev–Trinajstić information content (AvgIpc) is 2.56. The van der Waals surface area contributed by atoms with E-state index in [2.05, 4.69) is 11.4 Å². The number of hydrogen-bond donors (Lipinski definition) is 1. The highest BCUT2D eigenvalue weighted by molar-refractivity contribution is 6.31. The fraction of sp³-hybridized carbons (Fsp3) is 0.538. The molecule has 1 unspecified atom stereocenters. The maximum atomic E-state index is 6.11. The van der Waals surface area contributed by atoms with Crippen LogP contribution in [0.5, 0.6) is 0 Å². The second kappa shape index (κ2) is 6.24. The molecule has 3 heteroatoms. The van der Waals surface area contributed by atoms with E-state index in [0.29, 0.717) is 6.04 Å². The van der Waals surface area contributed by atoms with Gasteiger partial charge in [0.1, 0.15) is 0 Å². The molecule has 1 fully saturated rings. The van der Waals surface area contributed by atoms with Crippen molar-refractivity contribution in [3.63, 3.8) is 0 Å². The minimum absolute atomic E-state index is 0.568. The largest absolute Gasteiger partial charge is 0.381 e. The Bertz CT molecular complexity index is 321. The van der Waals surface area contributed by atoms with Gasteiger partial charge < -0.3 is 10.1 Å². The lowest BCUT2D eigenvalue weighted by molar-refractivity contribution is 0.142. The molecule has 0 bridgehead atoms. The maximum absolute atomic E-state index is 6.11. The van der Waals surface area contributed by atoms with Crippen LogP contribution in [0.4, 0.5) is 0 Å². The Morgan fingerprint density at radius 1 is 1.25 bits per heavy atom. The van der Waals surface area contributed by atoms with Crippen LogP contribution in [-0.4, -0.2) is 19.3 Å². The monoisotopic (exact) mass is 239 g/mol. The van der Waals surface area contributed by atoms with Gasteiger partial charge in [-0.05, 0) is 30.9 Å². The third-order valence-electron chi connectivity index (χ3n) is 2.99. The molecule has 1 heterocycles. The van der Waals surface area contributed by atoms with Gasteiger partial charge in [-0.2, -0.15) is 0 Å². The van der Waals surface area contributed by atoms with Crippen molar-refractivity contribution in [1.82, 2.24) is 5.32 Å². The molecule has 1 N–H and O–H groups in total. The summed E-state index contributed by atoms with van der Waals surface area (Å²) < 4.78 is 5.43. The van der Waals surface area contributed by atoms with Crippen LogP contribution in [-0.2, 0) is 11.3 Å². The molecule has 0 radical (unpaired) electrons. The van der Waals surface area contributed by atoms with Gasteiger partial charge in [0.05, 0.1) is 0 Å². The molecule has 0 aromatic heterocycles. The Labute approximate surface area is 102 Å². The fourth-order valence-electron chi connectivity index (χ4n) is 2.00. The first-order chi connectivity index (χ1) is 7.86. The van der Waals surface area contributed by atoms with E-state index in [1.165, 1.54) is 12.0 Å². The highest BCUT2D eigenvalue weighted by atomic mass is 35.5. The van der Waals surface area contributed by atoms with E-state index in [9.17, 15) is 0 Å². The van der Waals surface area contributed by atoms with Crippen LogP contribution in [0.1, 0.15) is 24.8 Å². The molecule has 88 valence electrons. The van der Waals surface area contributed by atoms with Gasteiger partial charge in [-0.25, -0.2) is 0 Å². The van der Waals surface area contributed by atoms with Crippen molar-refractivity contribution in [2.75, 3.05) is 13.2 Å². The normalized spacial score (nSPS) is 21.7. The number of nitrogens with one attached hydrogen (secondary N) is 1. The van der Waals surface area contributed by atoms with Gasteiger partial charge in [-0.1, -0.05) is 29.8 Å². The van der Waals surface area contributed by atoms with Crippen molar-refractivity contribution in [2.45, 2.75) is 31.8 Å². The maximum Gasteiger partial charge on any atom is 0.0480 e. The van der Waals surface area contributed by atoms with E-state index in [-0.39, 0.29) is 0 Å². The summed E-state index contributed by atoms with van der Waals surface area (Å²) in [4.78, 5) is 0. The van der Waals surface area contributed by atoms with Crippen molar-refractivity contribution in [3.05, 3.63) is 34.9 Å². The molecule has 1 aromatic rings. The van der Waals surface area contributed by atoms with E-state index in [1.54, 1.807) is 0 Å². The highest BCUT2D eigenvalue weighted by Crippen LogP contribution is 2.16. The quantitative estimate of drug-likeness (QED) is 0.876. The van der Waals surface area contributed by atoms with E-state index >= 15 is 0 Å². The van der Waals surface area contributed by atoms with E-state index in [0.717, 1.165) is 37.6 Å². The van der Waals surface area contributed by atoms with E-state index in [1.807, 2.05) is 18.2 Å². The zero-order chi connectivity index (χ0) is 11.2. The first-order valence-electron chi connectivity index (χ1n) is 5.91. The summed E-state index contributed by atoms with van der Waals surface area (Å²) in [6.07, 6.45) is 3.45. The van der Waals surface area contributed by atoms with Gasteiger partial charge in [-0.15, -0.1) is 0 Å². The molecule has 2 rings (SSSR count). The lowest BCUT2D eigenvalue weighted by atomic mass is 10.1. The van der Waals surface area contributed by atoms with Crippen LogP contribution in [0.25, 0.3) is 0 Å². The number of halogens is 1. The van der Waals surface area contributed by atoms with Gasteiger partial charge in [0.15, 0.2) is 0 Å². The molecule has 2 nitrogen and oxygen atoms in total. The summed E-state index contributed by atoms with van der Waals surface area (Å²) in [7, 11) is 0. The number of hydrogen-bond acceptors (Lipinski definition) is 2. The molecule has 1 aromatic carbocycles. The van der Waals surface area contributed by atoms with E-state index < -0.39 is 0 Å². The standard InChI is InChI=1S/C13H18ClNO/c14-13-6-2-1-4-11(13)10-15-12-5-3-8-16-9-7-12/h1-2,4,6,12,15H,3,5,7-10H2. The fourth-order valence-corrected chi connectivity index (χ4v) is 2.21. The topological polar surface area (TPSA) is 21.3 Å². The molecule has 0 saturated carbocycles.